The van der Waals surface area contributed by atoms with Crippen molar-refractivity contribution in [2.45, 2.75) is 20.8 Å². The maximum atomic E-state index is 5.37. The molecule has 0 saturated carbocycles. The molecule has 0 saturated heterocycles. The summed E-state index contributed by atoms with van der Waals surface area (Å²) < 4.78 is 1.89. The van der Waals surface area contributed by atoms with Gasteiger partial charge in [-0.25, -0.2) is 0 Å². The topological polar surface area (TPSA) is 0 Å². The van der Waals surface area contributed by atoms with Gasteiger partial charge in [-0.2, -0.15) is 24.3 Å². The molecule has 4 aromatic carbocycles. The summed E-state index contributed by atoms with van der Waals surface area (Å²) in [6.07, 6.45) is 0. The SMILES string of the molecule is C[CH]=[Zr]([Cl])[Cl].Cc1cccc2[cH-]ccc12.Cc1cccc2[cH-]ccc12. The number of halogens is 2. The third-order valence-electron chi connectivity index (χ3n) is 4.01. The molecule has 0 N–H and O–H groups in total. The van der Waals surface area contributed by atoms with Gasteiger partial charge in [0.25, 0.3) is 0 Å². The van der Waals surface area contributed by atoms with Gasteiger partial charge in [0.2, 0.25) is 0 Å². The molecule has 0 aromatic heterocycles. The molecule has 0 aliphatic carbocycles. The van der Waals surface area contributed by atoms with Crippen LogP contribution in [0.25, 0.3) is 21.5 Å². The Hall–Kier alpha value is -1.01. The maximum absolute atomic E-state index is 5.37. The van der Waals surface area contributed by atoms with E-state index in [-0.39, 0.29) is 0 Å². The van der Waals surface area contributed by atoms with Crippen LogP contribution in [-0.4, -0.2) is 3.71 Å². The van der Waals surface area contributed by atoms with E-state index in [9.17, 15) is 0 Å². The Labute approximate surface area is 165 Å². The fourth-order valence-corrected chi connectivity index (χ4v) is 2.65. The normalized spacial score (nSPS) is 9.80. The van der Waals surface area contributed by atoms with Gasteiger partial charge in [-0.1, -0.05) is 23.3 Å². The quantitative estimate of drug-likeness (QED) is 0.245. The van der Waals surface area contributed by atoms with Gasteiger partial charge in [0.15, 0.2) is 0 Å². The Bertz CT molecular complexity index is 884. The van der Waals surface area contributed by atoms with Crippen molar-refractivity contribution in [1.82, 2.24) is 0 Å². The van der Waals surface area contributed by atoms with Gasteiger partial charge in [-0.15, -0.1) is 57.9 Å². The molecular formula is C22H22Cl2Zr-2. The third kappa shape index (κ3) is 6.03. The Balaban J connectivity index is 0.000000144. The van der Waals surface area contributed by atoms with Crippen LogP contribution in [0.1, 0.15) is 18.1 Å². The van der Waals surface area contributed by atoms with Crippen molar-refractivity contribution >= 4 is 42.3 Å². The predicted octanol–water partition coefficient (Wildman–Crippen LogP) is 7.47. The molecule has 0 amide bonds. The third-order valence-corrected chi connectivity index (χ3v) is 7.67. The molecule has 0 unspecified atom stereocenters. The van der Waals surface area contributed by atoms with Crippen molar-refractivity contribution in [3.05, 3.63) is 83.9 Å². The number of hydrogen-bond acceptors (Lipinski definition) is 0. The van der Waals surface area contributed by atoms with Crippen molar-refractivity contribution in [2.24, 2.45) is 0 Å². The molecule has 25 heavy (non-hydrogen) atoms. The standard InChI is InChI=1S/2C10H9.C2H4.2ClH.Zr/c2*1-8-4-2-5-9-6-3-7-10(8)9;1-2;;;/h2*2-7H,1H3;1H,2H3;2*1H;/q2*-1;;;;+2/p-2. The van der Waals surface area contributed by atoms with Crippen molar-refractivity contribution in [1.29, 1.82) is 0 Å². The number of hydrogen-bond donors (Lipinski definition) is 0. The summed E-state index contributed by atoms with van der Waals surface area (Å²) in [5.74, 6) is 0. The van der Waals surface area contributed by atoms with Crippen molar-refractivity contribution < 1.29 is 18.9 Å². The second-order valence-electron chi connectivity index (χ2n) is 5.79. The second kappa shape index (κ2) is 10.2. The second-order valence-corrected chi connectivity index (χ2v) is 14.6. The number of fused-ring (bicyclic) bond motifs is 2. The molecule has 0 aliphatic heterocycles. The van der Waals surface area contributed by atoms with E-state index in [0.717, 1.165) is 0 Å². The molecule has 4 aromatic rings. The van der Waals surface area contributed by atoms with Crippen LogP contribution < -0.4 is 0 Å². The Kier molecular flexibility index (Phi) is 8.30. The van der Waals surface area contributed by atoms with Crippen molar-refractivity contribution in [3.63, 3.8) is 0 Å². The van der Waals surface area contributed by atoms with Gasteiger partial charge in [-0.05, 0) is 13.8 Å². The average Bonchev–Trinajstić information content (AvgIpc) is 3.26. The molecular weight excluding hydrogens is 426 g/mol. The molecule has 0 nitrogen and oxygen atoms in total. The van der Waals surface area contributed by atoms with E-state index in [1.165, 1.54) is 32.7 Å². The van der Waals surface area contributed by atoms with E-state index in [4.69, 9.17) is 17.0 Å². The molecule has 0 fully saturated rings. The zero-order chi connectivity index (χ0) is 18.2. The first-order valence-electron chi connectivity index (χ1n) is 8.22. The molecule has 4 rings (SSSR count). The van der Waals surface area contributed by atoms with Gasteiger partial charge < -0.3 is 0 Å². The molecule has 130 valence electrons. The zero-order valence-electron chi connectivity index (χ0n) is 14.8. The Morgan fingerprint density at radius 1 is 0.760 bits per heavy atom. The van der Waals surface area contributed by atoms with Crippen LogP contribution >= 0.6 is 17.0 Å². The summed E-state index contributed by atoms with van der Waals surface area (Å²) in [7, 11) is 10.7. The van der Waals surface area contributed by atoms with Crippen LogP contribution in [0.3, 0.4) is 0 Å². The van der Waals surface area contributed by atoms with Crippen LogP contribution in [0, 0.1) is 13.8 Å². The number of aryl methyl sites for hydroxylation is 2. The summed E-state index contributed by atoms with van der Waals surface area (Å²) in [4.78, 5) is 0. The average molecular weight is 449 g/mol. The number of rotatable bonds is 0. The molecule has 0 heterocycles. The summed E-state index contributed by atoms with van der Waals surface area (Å²) in [6.45, 7) is 6.18. The molecule has 0 radical (unpaired) electrons. The van der Waals surface area contributed by atoms with Gasteiger partial charge in [0.1, 0.15) is 0 Å². The molecule has 0 spiro atoms. The largest absolute Gasteiger partial charge is 0.168 e. The van der Waals surface area contributed by atoms with E-state index >= 15 is 0 Å². The first-order chi connectivity index (χ1) is 12.0. The van der Waals surface area contributed by atoms with Crippen LogP contribution in [0.4, 0.5) is 0 Å². The summed E-state index contributed by atoms with van der Waals surface area (Å²) in [6, 6.07) is 25.5. The summed E-state index contributed by atoms with van der Waals surface area (Å²) in [5, 5.41) is 5.45. The predicted molar refractivity (Wildman–Crippen MR) is 112 cm³/mol. The first kappa shape index (κ1) is 20.3. The Morgan fingerprint density at radius 3 is 1.48 bits per heavy atom. The van der Waals surface area contributed by atoms with Crippen LogP contribution in [0.15, 0.2) is 72.8 Å². The molecule has 0 bridgehead atoms. The summed E-state index contributed by atoms with van der Waals surface area (Å²) in [5.41, 5.74) is 2.73. The maximum Gasteiger partial charge on any atom is -0.0488 e. The van der Waals surface area contributed by atoms with Crippen molar-refractivity contribution in [3.8, 4) is 0 Å². The molecule has 0 aliphatic rings. The monoisotopic (exact) mass is 446 g/mol. The minimum atomic E-state index is -1.76. The van der Waals surface area contributed by atoms with Gasteiger partial charge in [0.05, 0.1) is 0 Å². The number of benzene rings is 2. The van der Waals surface area contributed by atoms with Crippen LogP contribution in [0.5, 0.6) is 0 Å². The van der Waals surface area contributed by atoms with E-state index < -0.39 is 18.9 Å². The van der Waals surface area contributed by atoms with Gasteiger partial charge in [-0.3, -0.25) is 0 Å². The minimum Gasteiger partial charge on any atom is -0.168 e. The van der Waals surface area contributed by atoms with Crippen LogP contribution in [-0.2, 0) is 18.9 Å². The molecule has 3 heteroatoms. The van der Waals surface area contributed by atoms with E-state index in [1.54, 1.807) is 0 Å². The van der Waals surface area contributed by atoms with E-state index in [0.29, 0.717) is 0 Å². The van der Waals surface area contributed by atoms with Crippen LogP contribution in [0.2, 0.25) is 0 Å². The first-order valence-corrected chi connectivity index (χ1v) is 16.0. The molecule has 0 atom stereocenters. The Morgan fingerprint density at radius 2 is 1.16 bits per heavy atom. The van der Waals surface area contributed by atoms with E-state index in [2.05, 4.69) is 86.6 Å². The van der Waals surface area contributed by atoms with Gasteiger partial charge in [0, 0.05) is 0 Å². The fourth-order valence-electron chi connectivity index (χ4n) is 2.65. The zero-order valence-corrected chi connectivity index (χ0v) is 18.7. The minimum absolute atomic E-state index is 1.35. The van der Waals surface area contributed by atoms with Crippen molar-refractivity contribution in [2.75, 3.05) is 0 Å². The summed E-state index contributed by atoms with van der Waals surface area (Å²) >= 11 is -1.76. The van der Waals surface area contributed by atoms with E-state index in [1.807, 2.05) is 10.6 Å². The van der Waals surface area contributed by atoms with Gasteiger partial charge >= 0.3 is 46.5 Å². The fraction of sp³-hybridized carbons (Fsp3) is 0.136. The smallest absolute Gasteiger partial charge is 0.0488 e.